The van der Waals surface area contributed by atoms with E-state index < -0.39 is 39.9 Å². The summed E-state index contributed by atoms with van der Waals surface area (Å²) in [7, 11) is 0. The Kier molecular flexibility index (Phi) is 3.73. The Bertz CT molecular complexity index is 523. The average molecular weight is 278 g/mol. The number of nitro groups is 1. The maximum Gasteiger partial charge on any atom is 0.471 e. The molecule has 0 unspecified atom stereocenters. The number of rotatable bonds is 3. The number of halogens is 3. The third-order valence-corrected chi connectivity index (χ3v) is 1.97. The van der Waals surface area contributed by atoms with E-state index >= 15 is 0 Å². The van der Waals surface area contributed by atoms with Gasteiger partial charge in [-0.2, -0.15) is 13.2 Å². The van der Waals surface area contributed by atoms with Crippen LogP contribution in [0.5, 0.6) is 0 Å². The van der Waals surface area contributed by atoms with Gasteiger partial charge < -0.3 is 10.4 Å². The highest BCUT2D eigenvalue weighted by molar-refractivity contribution is 6.04. The van der Waals surface area contributed by atoms with Crippen molar-refractivity contribution in [1.29, 1.82) is 0 Å². The Labute approximate surface area is 102 Å². The van der Waals surface area contributed by atoms with Crippen LogP contribution in [0.15, 0.2) is 18.2 Å². The Morgan fingerprint density at radius 2 is 1.89 bits per heavy atom. The van der Waals surface area contributed by atoms with Gasteiger partial charge in [0, 0.05) is 6.07 Å². The number of carbonyl (C=O) groups excluding carboxylic acids is 1. The molecular formula is C9H5F3N2O5. The van der Waals surface area contributed by atoms with Crippen LogP contribution >= 0.6 is 0 Å². The Balaban J connectivity index is 3.34. The van der Waals surface area contributed by atoms with Crippen molar-refractivity contribution < 1.29 is 32.8 Å². The monoisotopic (exact) mass is 278 g/mol. The van der Waals surface area contributed by atoms with Crippen molar-refractivity contribution in [2.45, 2.75) is 6.18 Å². The molecule has 0 spiro atoms. The van der Waals surface area contributed by atoms with E-state index in [2.05, 4.69) is 0 Å². The van der Waals surface area contributed by atoms with Gasteiger partial charge in [-0.05, 0) is 6.07 Å². The SMILES string of the molecule is O=C(O)c1cccc([N+](=O)[O-])c1NC(=O)C(F)(F)F. The van der Waals surface area contributed by atoms with Gasteiger partial charge in [0.2, 0.25) is 0 Å². The summed E-state index contributed by atoms with van der Waals surface area (Å²) in [5.41, 5.74) is -2.77. The number of carbonyl (C=O) groups is 2. The number of nitro benzene ring substituents is 1. The molecule has 0 aliphatic heterocycles. The molecule has 0 aliphatic carbocycles. The minimum absolute atomic E-state index is 0.776. The average Bonchev–Trinajstić information content (AvgIpc) is 2.27. The number of amides is 1. The van der Waals surface area contributed by atoms with Crippen LogP contribution in [-0.4, -0.2) is 28.1 Å². The van der Waals surface area contributed by atoms with Gasteiger partial charge in [-0.15, -0.1) is 0 Å². The number of hydrogen-bond acceptors (Lipinski definition) is 4. The van der Waals surface area contributed by atoms with Gasteiger partial charge in [0.15, 0.2) is 0 Å². The molecule has 7 nitrogen and oxygen atoms in total. The number of nitrogens with one attached hydrogen (secondary N) is 1. The standard InChI is InChI=1S/C9H5F3N2O5/c10-9(11,12)8(17)13-6-4(7(15)16)2-1-3-5(6)14(18)19/h1-3H,(H,13,17)(H,15,16). The van der Waals surface area contributed by atoms with Crippen LogP contribution in [0.2, 0.25) is 0 Å². The molecule has 0 bridgehead atoms. The number of carboxylic acids is 1. The molecule has 0 aliphatic rings. The van der Waals surface area contributed by atoms with Crippen molar-refractivity contribution in [3.63, 3.8) is 0 Å². The van der Waals surface area contributed by atoms with Crippen LogP contribution in [-0.2, 0) is 4.79 Å². The lowest BCUT2D eigenvalue weighted by Gasteiger charge is -2.10. The Morgan fingerprint density at radius 1 is 1.32 bits per heavy atom. The molecule has 1 rings (SSSR count). The first-order chi connectivity index (χ1) is 8.64. The summed E-state index contributed by atoms with van der Waals surface area (Å²) in [6.07, 6.45) is -5.29. The topological polar surface area (TPSA) is 110 Å². The Morgan fingerprint density at radius 3 is 2.32 bits per heavy atom. The van der Waals surface area contributed by atoms with Crippen molar-refractivity contribution in [1.82, 2.24) is 0 Å². The second kappa shape index (κ2) is 4.92. The number of hydrogen-bond donors (Lipinski definition) is 2. The molecule has 0 atom stereocenters. The molecule has 0 saturated carbocycles. The van der Waals surface area contributed by atoms with Gasteiger partial charge in [0.05, 0.1) is 10.5 Å². The van der Waals surface area contributed by atoms with Crippen molar-refractivity contribution in [3.8, 4) is 0 Å². The third-order valence-electron chi connectivity index (χ3n) is 1.97. The molecule has 1 amide bonds. The predicted octanol–water partition coefficient (Wildman–Crippen LogP) is 1.79. The highest BCUT2D eigenvalue weighted by atomic mass is 19.4. The smallest absolute Gasteiger partial charge is 0.471 e. The zero-order chi connectivity index (χ0) is 14.8. The van der Waals surface area contributed by atoms with Crippen molar-refractivity contribution in [2.75, 3.05) is 5.32 Å². The van der Waals surface area contributed by atoms with Crippen molar-refractivity contribution in [3.05, 3.63) is 33.9 Å². The first kappa shape index (κ1) is 14.4. The molecule has 19 heavy (non-hydrogen) atoms. The normalized spacial score (nSPS) is 10.9. The molecule has 0 fully saturated rings. The van der Waals surface area contributed by atoms with E-state index in [1.54, 1.807) is 0 Å². The second-order valence-corrected chi connectivity index (χ2v) is 3.21. The number of nitrogens with zero attached hydrogens (tertiary/aromatic N) is 1. The van der Waals surface area contributed by atoms with Crippen molar-refractivity contribution in [2.24, 2.45) is 0 Å². The number of anilines is 1. The lowest BCUT2D eigenvalue weighted by molar-refractivity contribution is -0.384. The van der Waals surface area contributed by atoms with Gasteiger partial charge in [-0.1, -0.05) is 6.07 Å². The summed E-state index contributed by atoms with van der Waals surface area (Å²) in [5.74, 6) is -4.20. The molecular weight excluding hydrogens is 273 g/mol. The van der Waals surface area contributed by atoms with Crippen LogP contribution in [0.3, 0.4) is 0 Å². The minimum Gasteiger partial charge on any atom is -0.478 e. The van der Waals surface area contributed by atoms with E-state index in [0.29, 0.717) is 0 Å². The molecule has 102 valence electrons. The van der Waals surface area contributed by atoms with E-state index in [-0.39, 0.29) is 0 Å². The van der Waals surface area contributed by atoms with Crippen molar-refractivity contribution >= 4 is 23.3 Å². The fourth-order valence-electron chi connectivity index (χ4n) is 1.19. The molecule has 0 radical (unpaired) electrons. The van der Waals surface area contributed by atoms with Crippen LogP contribution in [0.25, 0.3) is 0 Å². The van der Waals surface area contributed by atoms with Gasteiger partial charge in [-0.25, -0.2) is 4.79 Å². The van der Waals surface area contributed by atoms with E-state index in [0.717, 1.165) is 18.2 Å². The zero-order valence-electron chi connectivity index (χ0n) is 8.89. The van der Waals surface area contributed by atoms with Crippen LogP contribution in [0.4, 0.5) is 24.5 Å². The molecule has 10 heteroatoms. The summed E-state index contributed by atoms with van der Waals surface area (Å²) in [6, 6.07) is 2.59. The van der Waals surface area contributed by atoms with Gasteiger partial charge in [0.25, 0.3) is 5.69 Å². The molecule has 0 heterocycles. The van der Waals surface area contributed by atoms with Crippen LogP contribution < -0.4 is 5.32 Å². The van der Waals surface area contributed by atoms with Crippen LogP contribution in [0, 0.1) is 10.1 Å². The fourth-order valence-corrected chi connectivity index (χ4v) is 1.19. The number of para-hydroxylation sites is 1. The number of benzene rings is 1. The van der Waals surface area contributed by atoms with Gasteiger partial charge >= 0.3 is 18.1 Å². The van der Waals surface area contributed by atoms with Crippen LogP contribution in [0.1, 0.15) is 10.4 Å². The summed E-state index contributed by atoms with van der Waals surface area (Å²) in [5, 5.41) is 20.5. The summed E-state index contributed by atoms with van der Waals surface area (Å²) in [4.78, 5) is 31.0. The molecule has 0 aromatic heterocycles. The summed E-state index contributed by atoms with van der Waals surface area (Å²) in [6.45, 7) is 0. The maximum atomic E-state index is 12.1. The van der Waals surface area contributed by atoms with E-state index in [9.17, 15) is 32.9 Å². The summed E-state index contributed by atoms with van der Waals surface area (Å²) >= 11 is 0. The third kappa shape index (κ3) is 3.18. The minimum atomic E-state index is -5.29. The second-order valence-electron chi connectivity index (χ2n) is 3.21. The van der Waals surface area contributed by atoms with E-state index in [1.165, 1.54) is 5.32 Å². The largest absolute Gasteiger partial charge is 0.478 e. The van der Waals surface area contributed by atoms with Gasteiger partial charge in [0.1, 0.15) is 5.69 Å². The molecule has 0 saturated heterocycles. The molecule has 1 aromatic carbocycles. The lowest BCUT2D eigenvalue weighted by atomic mass is 10.1. The van der Waals surface area contributed by atoms with E-state index in [4.69, 9.17) is 5.11 Å². The maximum absolute atomic E-state index is 12.1. The zero-order valence-corrected chi connectivity index (χ0v) is 8.89. The lowest BCUT2D eigenvalue weighted by Crippen LogP contribution is -2.31. The molecule has 1 aromatic rings. The molecule has 2 N–H and O–H groups in total. The first-order valence-electron chi connectivity index (χ1n) is 4.53. The number of carboxylic acid groups (broad SMARTS) is 1. The van der Waals surface area contributed by atoms with E-state index in [1.807, 2.05) is 0 Å². The first-order valence-corrected chi connectivity index (χ1v) is 4.53. The Hall–Kier alpha value is -2.65. The number of alkyl halides is 3. The van der Waals surface area contributed by atoms with Gasteiger partial charge in [-0.3, -0.25) is 14.9 Å². The predicted molar refractivity (Wildman–Crippen MR) is 54.7 cm³/mol. The highest BCUT2D eigenvalue weighted by Crippen LogP contribution is 2.30. The summed E-state index contributed by atoms with van der Waals surface area (Å²) < 4.78 is 36.2. The highest BCUT2D eigenvalue weighted by Gasteiger charge is 2.40. The fraction of sp³-hybridized carbons (Fsp3) is 0.111. The number of aromatic carboxylic acids is 1. The quantitative estimate of drug-likeness (QED) is 0.647.